The standard InChI is InChI=1S/C42H59O/c1-3-4-5-6-7-8-9-10-11-12-13-14-15-16-17-18-19-20-21-22-26-38-34-41(37-30-28-35(2)29-31-37)43-40-33-32-36-25-23-24-27-39(36)42(38)40/h23-25,27-34H,3-22,26H2,1-2H3/q+1. The van der Waals surface area contributed by atoms with Crippen LogP contribution in [0.4, 0.5) is 0 Å². The molecule has 0 amide bonds. The van der Waals surface area contributed by atoms with Crippen LogP contribution in [-0.4, -0.2) is 0 Å². The molecular formula is C42H59O+. The van der Waals surface area contributed by atoms with Gasteiger partial charge in [0.25, 0.3) is 0 Å². The third-order valence-electron chi connectivity index (χ3n) is 9.37. The molecular weight excluding hydrogens is 520 g/mol. The zero-order valence-electron chi connectivity index (χ0n) is 27.6. The summed E-state index contributed by atoms with van der Waals surface area (Å²) in [4.78, 5) is 0. The Kier molecular flexibility index (Phi) is 15.1. The first-order valence-corrected chi connectivity index (χ1v) is 18.1. The molecule has 4 aromatic rings. The maximum atomic E-state index is 6.48. The molecule has 43 heavy (non-hydrogen) atoms. The van der Waals surface area contributed by atoms with Gasteiger partial charge in [0.2, 0.25) is 0 Å². The number of unbranched alkanes of at least 4 members (excludes halogenated alkanes) is 19. The quantitative estimate of drug-likeness (QED) is 0.0512. The predicted molar refractivity (Wildman–Crippen MR) is 190 cm³/mol. The van der Waals surface area contributed by atoms with Crippen molar-refractivity contribution in [2.24, 2.45) is 0 Å². The molecule has 0 aliphatic carbocycles. The normalized spacial score (nSPS) is 11.6. The van der Waals surface area contributed by atoms with Gasteiger partial charge in [-0.2, -0.15) is 0 Å². The number of rotatable bonds is 22. The minimum atomic E-state index is 0.978. The Morgan fingerprint density at radius 3 is 1.58 bits per heavy atom. The average Bonchev–Trinajstić information content (AvgIpc) is 3.03. The van der Waals surface area contributed by atoms with Gasteiger partial charge in [0.1, 0.15) is 0 Å². The van der Waals surface area contributed by atoms with Crippen LogP contribution in [0.2, 0.25) is 0 Å². The molecule has 0 aliphatic rings. The van der Waals surface area contributed by atoms with Crippen molar-refractivity contribution in [3.05, 3.63) is 77.9 Å². The summed E-state index contributed by atoms with van der Waals surface area (Å²) in [6, 6.07) is 24.1. The molecule has 1 nitrogen and oxygen atoms in total. The summed E-state index contributed by atoms with van der Waals surface area (Å²) in [7, 11) is 0. The SMILES string of the molecule is CCCCCCCCCCCCCCCCCCCCCCc1cc(-c2ccc(C)cc2)[o+]c2ccc3ccccc3c12. The van der Waals surface area contributed by atoms with E-state index in [-0.39, 0.29) is 0 Å². The van der Waals surface area contributed by atoms with Crippen LogP contribution in [0.5, 0.6) is 0 Å². The largest absolute Gasteiger partial charge is 0.361 e. The van der Waals surface area contributed by atoms with Crippen molar-refractivity contribution in [3.63, 3.8) is 0 Å². The Labute approximate surface area is 263 Å². The fourth-order valence-electron chi connectivity index (χ4n) is 6.67. The maximum absolute atomic E-state index is 6.48. The minimum Gasteiger partial charge on any atom is -0.207 e. The van der Waals surface area contributed by atoms with Crippen LogP contribution in [0.25, 0.3) is 33.1 Å². The summed E-state index contributed by atoms with van der Waals surface area (Å²) in [6.07, 6.45) is 29.5. The predicted octanol–water partition coefficient (Wildman–Crippen LogP) is 14.2. The van der Waals surface area contributed by atoms with E-state index in [0.29, 0.717) is 0 Å². The van der Waals surface area contributed by atoms with Crippen molar-refractivity contribution in [1.29, 1.82) is 0 Å². The van der Waals surface area contributed by atoms with Gasteiger partial charge in [0, 0.05) is 12.1 Å². The molecule has 0 unspecified atom stereocenters. The highest BCUT2D eigenvalue weighted by Crippen LogP contribution is 2.34. The van der Waals surface area contributed by atoms with Crippen LogP contribution in [0.15, 0.2) is 71.1 Å². The summed E-state index contributed by atoms with van der Waals surface area (Å²) >= 11 is 0. The topological polar surface area (TPSA) is 11.3 Å². The van der Waals surface area contributed by atoms with Crippen LogP contribution in [0, 0.1) is 6.92 Å². The number of fused-ring (bicyclic) bond motifs is 3. The molecule has 0 N–H and O–H groups in total. The van der Waals surface area contributed by atoms with Gasteiger partial charge in [-0.3, -0.25) is 0 Å². The highest BCUT2D eigenvalue weighted by molar-refractivity contribution is 6.07. The van der Waals surface area contributed by atoms with E-state index in [2.05, 4.69) is 80.6 Å². The lowest BCUT2D eigenvalue weighted by Crippen LogP contribution is -1.92. The van der Waals surface area contributed by atoms with Crippen molar-refractivity contribution in [2.45, 2.75) is 149 Å². The van der Waals surface area contributed by atoms with Crippen LogP contribution < -0.4 is 0 Å². The second-order valence-electron chi connectivity index (χ2n) is 13.1. The first kappa shape index (κ1) is 33.2. The first-order valence-electron chi connectivity index (χ1n) is 18.1. The molecule has 1 heteroatoms. The number of aryl methyl sites for hydroxylation is 2. The number of benzene rings is 3. The van der Waals surface area contributed by atoms with Gasteiger partial charge in [-0.05, 0) is 54.3 Å². The van der Waals surface area contributed by atoms with Gasteiger partial charge in [-0.1, -0.05) is 171 Å². The van der Waals surface area contributed by atoms with Gasteiger partial charge >= 0.3 is 11.3 Å². The van der Waals surface area contributed by atoms with E-state index >= 15 is 0 Å². The van der Waals surface area contributed by atoms with Gasteiger partial charge in [0.15, 0.2) is 0 Å². The average molecular weight is 580 g/mol. The lowest BCUT2D eigenvalue weighted by atomic mass is 9.96. The second kappa shape index (κ2) is 19.6. The van der Waals surface area contributed by atoms with E-state index in [4.69, 9.17) is 4.42 Å². The highest BCUT2D eigenvalue weighted by Gasteiger charge is 2.20. The fourth-order valence-corrected chi connectivity index (χ4v) is 6.67. The van der Waals surface area contributed by atoms with Crippen molar-refractivity contribution in [3.8, 4) is 11.3 Å². The monoisotopic (exact) mass is 579 g/mol. The molecule has 0 bridgehead atoms. The van der Waals surface area contributed by atoms with Crippen LogP contribution in [0.1, 0.15) is 146 Å². The maximum Gasteiger partial charge on any atom is 0.361 e. The smallest absolute Gasteiger partial charge is 0.207 e. The molecule has 0 aliphatic heterocycles. The third-order valence-corrected chi connectivity index (χ3v) is 9.37. The molecule has 0 saturated heterocycles. The third kappa shape index (κ3) is 11.4. The summed E-state index contributed by atoms with van der Waals surface area (Å²) in [5.41, 5.74) is 4.86. The molecule has 1 heterocycles. The summed E-state index contributed by atoms with van der Waals surface area (Å²) < 4.78 is 6.48. The van der Waals surface area contributed by atoms with E-state index in [9.17, 15) is 0 Å². The molecule has 0 fully saturated rings. The fraction of sp³-hybridized carbons (Fsp3) is 0.548. The Morgan fingerprint density at radius 1 is 0.512 bits per heavy atom. The van der Waals surface area contributed by atoms with Crippen LogP contribution in [-0.2, 0) is 6.42 Å². The Bertz CT molecular complexity index is 1320. The molecule has 0 saturated carbocycles. The summed E-state index contributed by atoms with van der Waals surface area (Å²) in [5, 5.41) is 3.90. The molecule has 3 aromatic carbocycles. The first-order chi connectivity index (χ1) is 21.3. The molecule has 0 radical (unpaired) electrons. The Hall–Kier alpha value is -2.67. The molecule has 0 atom stereocenters. The van der Waals surface area contributed by atoms with Gasteiger partial charge < -0.3 is 0 Å². The van der Waals surface area contributed by atoms with Crippen molar-refractivity contribution >= 4 is 21.7 Å². The van der Waals surface area contributed by atoms with Crippen molar-refractivity contribution < 1.29 is 4.42 Å². The van der Waals surface area contributed by atoms with E-state index < -0.39 is 0 Å². The van der Waals surface area contributed by atoms with Crippen molar-refractivity contribution in [1.82, 2.24) is 0 Å². The Balaban J connectivity index is 1.11. The van der Waals surface area contributed by atoms with Crippen LogP contribution >= 0.6 is 0 Å². The van der Waals surface area contributed by atoms with E-state index in [1.807, 2.05) is 0 Å². The zero-order valence-corrected chi connectivity index (χ0v) is 27.6. The Morgan fingerprint density at radius 2 is 1.02 bits per heavy atom. The van der Waals surface area contributed by atoms with E-state index in [1.165, 1.54) is 156 Å². The minimum absolute atomic E-state index is 0.978. The molecule has 0 spiro atoms. The molecule has 4 rings (SSSR count). The second-order valence-corrected chi connectivity index (χ2v) is 13.1. The van der Waals surface area contributed by atoms with Gasteiger partial charge in [0.05, 0.1) is 10.9 Å². The van der Waals surface area contributed by atoms with Crippen LogP contribution in [0.3, 0.4) is 0 Å². The lowest BCUT2D eigenvalue weighted by Gasteiger charge is -2.07. The van der Waals surface area contributed by atoms with Crippen molar-refractivity contribution in [2.75, 3.05) is 0 Å². The highest BCUT2D eigenvalue weighted by atomic mass is 16.3. The van der Waals surface area contributed by atoms with E-state index in [0.717, 1.165) is 23.3 Å². The van der Waals surface area contributed by atoms with Gasteiger partial charge in [-0.25, -0.2) is 4.42 Å². The zero-order chi connectivity index (χ0) is 30.0. The summed E-state index contributed by atoms with van der Waals surface area (Å²) in [6.45, 7) is 4.44. The molecule has 232 valence electrons. The number of hydrogen-bond donors (Lipinski definition) is 0. The molecule has 1 aromatic heterocycles. The summed E-state index contributed by atoms with van der Waals surface area (Å²) in [5.74, 6) is 0.978. The lowest BCUT2D eigenvalue weighted by molar-refractivity contribution is 0.521. The number of hydrogen-bond acceptors (Lipinski definition) is 0. The van der Waals surface area contributed by atoms with E-state index in [1.54, 1.807) is 0 Å². The van der Waals surface area contributed by atoms with Gasteiger partial charge in [-0.15, -0.1) is 0 Å².